The number of nitrogens with one attached hydrogen (secondary N) is 3. The van der Waals surface area contributed by atoms with Crippen LogP contribution in [0.2, 0.25) is 0 Å². The highest BCUT2D eigenvalue weighted by atomic mass is 32.2. The summed E-state index contributed by atoms with van der Waals surface area (Å²) in [6.07, 6.45) is 5.34. The molecular weight excluding hydrogens is 925 g/mol. The second kappa shape index (κ2) is 23.4. The van der Waals surface area contributed by atoms with Crippen LogP contribution in [0.3, 0.4) is 0 Å². The highest BCUT2D eigenvalue weighted by molar-refractivity contribution is 8.00. The van der Waals surface area contributed by atoms with E-state index in [1.165, 1.54) is 0 Å². The number of ether oxygens (including phenoxy) is 4. The number of aliphatic hydroxyl groups excluding tert-OH is 1. The van der Waals surface area contributed by atoms with E-state index in [2.05, 4.69) is 55.8 Å². The number of alkyl carbamates (subject to hydrolysis) is 2. The fourth-order valence-electron chi connectivity index (χ4n) is 11.9. The van der Waals surface area contributed by atoms with Gasteiger partial charge < -0.3 is 44.9 Å². The molecule has 5 rings (SSSR count). The number of aryl methyl sites for hydroxylation is 1. The Labute approximate surface area is 428 Å². The minimum Gasteiger partial charge on any atom is -0.461 e. The summed E-state index contributed by atoms with van der Waals surface area (Å²) in [6, 6.07) is 8.10. The third-order valence-corrected chi connectivity index (χ3v) is 17.2. The van der Waals surface area contributed by atoms with Crippen LogP contribution in [0.4, 0.5) is 14.4 Å². The first-order valence-corrected chi connectivity index (χ1v) is 27.3. The zero-order valence-electron chi connectivity index (χ0n) is 45.3. The Kier molecular flexibility index (Phi) is 19.1. The van der Waals surface area contributed by atoms with Crippen molar-refractivity contribution >= 4 is 47.7 Å². The summed E-state index contributed by atoms with van der Waals surface area (Å²) >= 11 is 1.62. The average Bonchev–Trinajstić information content (AvgIpc) is 3.62. The van der Waals surface area contributed by atoms with E-state index in [1.54, 1.807) is 58.2 Å². The lowest BCUT2D eigenvalue weighted by Gasteiger charge is -2.62. The molecule has 4 saturated carbocycles. The van der Waals surface area contributed by atoms with Gasteiger partial charge in [-0.1, -0.05) is 52.0 Å². The fraction of sp³-hybridized carbons (Fsp3) is 0.782. The van der Waals surface area contributed by atoms with E-state index in [9.17, 15) is 33.9 Å². The van der Waals surface area contributed by atoms with Gasteiger partial charge in [0, 0.05) is 49.2 Å². The lowest BCUT2D eigenvalue weighted by Crippen LogP contribution is -2.63. The molecule has 0 radical (unpaired) electrons. The summed E-state index contributed by atoms with van der Waals surface area (Å²) in [7, 11) is 0. The molecule has 4 N–H and O–H groups in total. The molecule has 0 saturated heterocycles. The molecule has 4 fully saturated rings. The molecule has 0 heterocycles. The molecule has 8 atom stereocenters. The van der Waals surface area contributed by atoms with Crippen LogP contribution in [0.25, 0.3) is 0 Å². The molecule has 1 aromatic rings. The van der Waals surface area contributed by atoms with Gasteiger partial charge in [-0.15, -0.1) is 11.8 Å². The summed E-state index contributed by atoms with van der Waals surface area (Å²) in [5.41, 5.74) is -1.67. The van der Waals surface area contributed by atoms with Crippen molar-refractivity contribution in [1.82, 2.24) is 20.9 Å². The lowest BCUT2D eigenvalue weighted by atomic mass is 9.43. The van der Waals surface area contributed by atoms with Gasteiger partial charge in [-0.25, -0.2) is 14.4 Å². The maximum Gasteiger partial charge on any atom is 0.410 e. The topological polar surface area (TPSA) is 199 Å². The Morgan fingerprint density at radius 1 is 0.789 bits per heavy atom. The Morgan fingerprint density at radius 3 is 1.99 bits per heavy atom. The van der Waals surface area contributed by atoms with E-state index >= 15 is 0 Å². The molecule has 0 aromatic heterocycles. The number of Topliss-reactive ketones (excluding diaryl/α,β-unsaturated/α-hetero) is 1. The minimum absolute atomic E-state index is 0.129. The highest BCUT2D eigenvalue weighted by Crippen LogP contribution is 2.68. The van der Waals surface area contributed by atoms with E-state index in [4.69, 9.17) is 18.9 Å². The Bertz CT molecular complexity index is 2020. The van der Waals surface area contributed by atoms with Crippen molar-refractivity contribution in [2.75, 3.05) is 31.9 Å². The number of carbonyl (C=O) groups is 6. The van der Waals surface area contributed by atoms with Crippen LogP contribution in [-0.4, -0.2) is 112 Å². The Balaban J connectivity index is 1.23. The third kappa shape index (κ3) is 15.7. The van der Waals surface area contributed by atoms with Crippen molar-refractivity contribution in [2.45, 2.75) is 201 Å². The molecule has 71 heavy (non-hydrogen) atoms. The number of hydrogen-bond donors (Lipinski definition) is 4. The van der Waals surface area contributed by atoms with Crippen LogP contribution in [0.15, 0.2) is 24.3 Å². The molecular formula is C55H88N4O11S. The van der Waals surface area contributed by atoms with E-state index in [-0.39, 0.29) is 78.0 Å². The molecule has 1 aromatic carbocycles. The number of aliphatic hydroxyl groups is 1. The van der Waals surface area contributed by atoms with Crippen molar-refractivity contribution in [2.24, 2.45) is 39.9 Å². The molecule has 4 aliphatic rings. The number of hydrogen-bond acceptors (Lipinski definition) is 12. The maximum absolute atomic E-state index is 14.1. The molecule has 0 spiro atoms. The van der Waals surface area contributed by atoms with Gasteiger partial charge in [0.05, 0.1) is 18.4 Å². The lowest BCUT2D eigenvalue weighted by molar-refractivity contribution is -0.211. The predicted octanol–water partition coefficient (Wildman–Crippen LogP) is 9.53. The summed E-state index contributed by atoms with van der Waals surface area (Å²) in [6.45, 7) is 25.8. The smallest absolute Gasteiger partial charge is 0.410 e. The summed E-state index contributed by atoms with van der Waals surface area (Å²) in [5, 5.41) is 21.1. The number of esters is 1. The van der Waals surface area contributed by atoms with Gasteiger partial charge in [0.15, 0.2) is 0 Å². The molecule has 16 heteroatoms. The molecule has 400 valence electrons. The van der Waals surface area contributed by atoms with Gasteiger partial charge in [-0.3, -0.25) is 14.4 Å². The van der Waals surface area contributed by atoms with Gasteiger partial charge in [-0.2, -0.15) is 0 Å². The average molecular weight is 1010 g/mol. The zero-order valence-corrected chi connectivity index (χ0v) is 46.1. The third-order valence-electron chi connectivity index (χ3n) is 15.9. The standard InChI is InChI=1S/C55H88N4O11S/c1-35-22-26-55-27-24-41(60)45(55)54(35,13)42(67-44(62)34-71-40-20-18-38(19-21-40)31-57-43(61)32-58-48(65)69-51(6,7)8)30-53(12,46(63)36(55)2)25-23-37-14-16-39(17-15-37)33-59(49(66)70-52(9,10)11)29-28-56-47(64)68-50(3,4)5/h14-17,35-36,38,40,42,45-46,63H,18-34H2,1-13H3,(H,56,64)(H,57,61)(H,58,65)/t35-,36+,38?,40?,42-,45?,46+,53+,54+,55+/m1/s1. The van der Waals surface area contributed by atoms with Gasteiger partial charge in [0.1, 0.15) is 28.7 Å². The fourth-order valence-corrected chi connectivity index (χ4v) is 12.9. The molecule has 15 nitrogen and oxygen atoms in total. The van der Waals surface area contributed by atoms with Crippen LogP contribution in [0, 0.1) is 39.9 Å². The first kappa shape index (κ1) is 57.8. The number of benzene rings is 1. The monoisotopic (exact) mass is 1010 g/mol. The van der Waals surface area contributed by atoms with Crippen LogP contribution in [0.1, 0.15) is 165 Å². The summed E-state index contributed by atoms with van der Waals surface area (Å²) in [5.74, 6) is -0.127. The van der Waals surface area contributed by atoms with Crippen LogP contribution in [-0.2, 0) is 46.3 Å². The van der Waals surface area contributed by atoms with E-state index in [1.807, 2.05) is 32.9 Å². The van der Waals surface area contributed by atoms with Crippen LogP contribution < -0.4 is 16.0 Å². The molecule has 4 amide bonds. The van der Waals surface area contributed by atoms with Crippen LogP contribution in [0.5, 0.6) is 0 Å². The first-order valence-electron chi connectivity index (χ1n) is 26.2. The molecule has 0 aliphatic heterocycles. The summed E-state index contributed by atoms with van der Waals surface area (Å²) in [4.78, 5) is 79.9. The number of rotatable bonds is 16. The quantitative estimate of drug-likeness (QED) is 0.0905. The molecule has 2 bridgehead atoms. The normalized spacial score (nSPS) is 29.9. The summed E-state index contributed by atoms with van der Waals surface area (Å²) < 4.78 is 23.0. The SMILES string of the molecule is C[C@@H]1CC[C@@]23CCC(=O)C2[C@]1(C)[C@H](OC(=O)CSC1CCC(CNC(=O)CNC(=O)OC(C)(C)C)CC1)C[C@](C)(CCc1ccc(CN(CCNC(=O)OC(C)(C)C)C(=O)OC(C)(C)C)cc1)[C@@H](O)[C@@H]3C. The van der Waals surface area contributed by atoms with Gasteiger partial charge in [0.2, 0.25) is 5.91 Å². The van der Waals surface area contributed by atoms with Gasteiger partial charge >= 0.3 is 24.2 Å². The highest BCUT2D eigenvalue weighted by Gasteiger charge is 2.68. The Morgan fingerprint density at radius 2 is 1.38 bits per heavy atom. The number of nitrogens with zero attached hydrogens (tertiary/aromatic N) is 1. The van der Waals surface area contributed by atoms with Crippen molar-refractivity contribution in [3.63, 3.8) is 0 Å². The Hall–Kier alpha value is -4.05. The number of thioether (sulfide) groups is 1. The molecule has 1 unspecified atom stereocenters. The minimum atomic E-state index is -0.735. The maximum atomic E-state index is 14.1. The van der Waals surface area contributed by atoms with Crippen molar-refractivity contribution in [3.05, 3.63) is 35.4 Å². The second-order valence-corrected chi connectivity index (χ2v) is 26.1. The predicted molar refractivity (Wildman–Crippen MR) is 276 cm³/mol. The second-order valence-electron chi connectivity index (χ2n) is 24.8. The van der Waals surface area contributed by atoms with Crippen molar-refractivity contribution < 1.29 is 52.8 Å². The number of amides is 4. The number of carbonyl (C=O) groups excluding carboxylic acids is 6. The largest absolute Gasteiger partial charge is 0.461 e. The van der Waals surface area contributed by atoms with E-state index < -0.39 is 58.1 Å². The van der Waals surface area contributed by atoms with E-state index in [0.29, 0.717) is 38.1 Å². The van der Waals surface area contributed by atoms with Crippen LogP contribution >= 0.6 is 11.8 Å². The number of ketones is 1. The van der Waals surface area contributed by atoms with Gasteiger partial charge in [0.25, 0.3) is 0 Å². The van der Waals surface area contributed by atoms with Crippen molar-refractivity contribution in [1.29, 1.82) is 0 Å². The van der Waals surface area contributed by atoms with E-state index in [0.717, 1.165) is 56.1 Å². The van der Waals surface area contributed by atoms with Crippen molar-refractivity contribution in [3.8, 4) is 0 Å². The first-order chi connectivity index (χ1) is 32.9. The molecule has 4 aliphatic carbocycles. The zero-order chi connectivity index (χ0) is 52.7. The van der Waals surface area contributed by atoms with Gasteiger partial charge in [-0.05, 0) is 166 Å².